The van der Waals surface area contributed by atoms with E-state index < -0.39 is 40.0 Å². The molecular weight excluding hydrogens is 400 g/mol. The number of amides is 1. The molecule has 29 heavy (non-hydrogen) atoms. The lowest BCUT2D eigenvalue weighted by molar-refractivity contribution is -0.122. The SMILES string of the molecule is Cc1ccc(C(=O)OCC(=O)N2c3ccc(S(N)(=O)=O)cc3CC2C)c(O)c1O. The molecule has 4 N–H and O–H groups in total. The third kappa shape index (κ3) is 3.89. The third-order valence-corrected chi connectivity index (χ3v) is 5.67. The first kappa shape index (κ1) is 20.6. The molecule has 9 nitrogen and oxygen atoms in total. The van der Waals surface area contributed by atoms with Gasteiger partial charge in [-0.15, -0.1) is 0 Å². The van der Waals surface area contributed by atoms with Crippen LogP contribution in [0.5, 0.6) is 11.5 Å². The predicted molar refractivity (Wildman–Crippen MR) is 103 cm³/mol. The van der Waals surface area contributed by atoms with Crippen molar-refractivity contribution in [3.63, 3.8) is 0 Å². The number of phenols is 2. The number of primary sulfonamides is 1. The molecule has 2 aromatic rings. The maximum Gasteiger partial charge on any atom is 0.342 e. The van der Waals surface area contributed by atoms with Crippen LogP contribution in [0, 0.1) is 6.92 Å². The van der Waals surface area contributed by atoms with Crippen molar-refractivity contribution in [2.45, 2.75) is 31.2 Å². The van der Waals surface area contributed by atoms with Gasteiger partial charge in [-0.25, -0.2) is 18.4 Å². The number of benzene rings is 2. The minimum atomic E-state index is -3.86. The molecule has 0 bridgehead atoms. The normalized spacial score (nSPS) is 15.8. The van der Waals surface area contributed by atoms with Crippen molar-refractivity contribution in [1.29, 1.82) is 0 Å². The summed E-state index contributed by atoms with van der Waals surface area (Å²) in [5.74, 6) is -2.51. The molecule has 0 saturated carbocycles. The molecule has 1 atom stereocenters. The van der Waals surface area contributed by atoms with Crippen molar-refractivity contribution in [1.82, 2.24) is 0 Å². The number of aromatic hydroxyl groups is 2. The minimum Gasteiger partial charge on any atom is -0.504 e. The molecule has 0 aliphatic carbocycles. The molecule has 0 radical (unpaired) electrons. The van der Waals surface area contributed by atoms with Crippen LogP contribution in [-0.4, -0.2) is 43.2 Å². The lowest BCUT2D eigenvalue weighted by Crippen LogP contribution is -2.38. The van der Waals surface area contributed by atoms with Crippen molar-refractivity contribution in [3.05, 3.63) is 47.0 Å². The number of carbonyl (C=O) groups is 2. The molecule has 1 unspecified atom stereocenters. The highest BCUT2D eigenvalue weighted by atomic mass is 32.2. The van der Waals surface area contributed by atoms with Gasteiger partial charge in [0.1, 0.15) is 5.56 Å². The van der Waals surface area contributed by atoms with E-state index in [1.165, 1.54) is 35.2 Å². The summed E-state index contributed by atoms with van der Waals surface area (Å²) >= 11 is 0. The molecule has 1 aliphatic heterocycles. The fraction of sp³-hybridized carbons (Fsp3) is 0.263. The van der Waals surface area contributed by atoms with Gasteiger partial charge in [-0.1, -0.05) is 6.07 Å². The van der Waals surface area contributed by atoms with Crippen LogP contribution in [0.25, 0.3) is 0 Å². The molecule has 1 heterocycles. The van der Waals surface area contributed by atoms with Crippen LogP contribution in [0.2, 0.25) is 0 Å². The number of nitrogens with zero attached hydrogens (tertiary/aromatic N) is 1. The lowest BCUT2D eigenvalue weighted by Gasteiger charge is -2.22. The van der Waals surface area contributed by atoms with Crippen LogP contribution >= 0.6 is 0 Å². The maximum absolute atomic E-state index is 12.6. The number of carbonyl (C=O) groups excluding carboxylic acids is 2. The van der Waals surface area contributed by atoms with Gasteiger partial charge in [0, 0.05) is 11.7 Å². The van der Waals surface area contributed by atoms with Gasteiger partial charge in [0.25, 0.3) is 5.91 Å². The predicted octanol–water partition coefficient (Wildman–Crippen LogP) is 1.19. The monoisotopic (exact) mass is 420 g/mol. The highest BCUT2D eigenvalue weighted by molar-refractivity contribution is 7.89. The Morgan fingerprint density at radius 2 is 1.90 bits per heavy atom. The second-order valence-corrected chi connectivity index (χ2v) is 8.42. The Bertz CT molecular complexity index is 1110. The van der Waals surface area contributed by atoms with E-state index in [9.17, 15) is 28.2 Å². The average Bonchev–Trinajstić information content (AvgIpc) is 2.98. The van der Waals surface area contributed by atoms with Gasteiger partial charge in [-0.05, 0) is 55.7 Å². The second kappa shape index (κ2) is 7.37. The van der Waals surface area contributed by atoms with Gasteiger partial charge in [0.15, 0.2) is 18.1 Å². The number of phenolic OH excluding ortho intramolecular Hbond substituents is 2. The van der Waals surface area contributed by atoms with E-state index in [4.69, 9.17) is 9.88 Å². The van der Waals surface area contributed by atoms with Crippen LogP contribution in [0.4, 0.5) is 5.69 Å². The number of esters is 1. The molecule has 0 aromatic heterocycles. The zero-order valence-electron chi connectivity index (χ0n) is 15.7. The van der Waals surface area contributed by atoms with E-state index in [0.29, 0.717) is 23.2 Å². The van der Waals surface area contributed by atoms with E-state index in [2.05, 4.69) is 0 Å². The number of hydrogen-bond donors (Lipinski definition) is 3. The number of hydrogen-bond acceptors (Lipinski definition) is 7. The van der Waals surface area contributed by atoms with Crippen LogP contribution in [0.15, 0.2) is 35.2 Å². The van der Waals surface area contributed by atoms with Crippen LogP contribution < -0.4 is 10.0 Å². The van der Waals surface area contributed by atoms with E-state index in [-0.39, 0.29) is 16.5 Å². The molecule has 2 aromatic carbocycles. The lowest BCUT2D eigenvalue weighted by atomic mass is 10.1. The largest absolute Gasteiger partial charge is 0.504 e. The molecule has 154 valence electrons. The summed E-state index contributed by atoms with van der Waals surface area (Å²) in [4.78, 5) is 26.2. The number of nitrogens with two attached hydrogens (primary N) is 1. The van der Waals surface area contributed by atoms with Gasteiger partial charge in [0.2, 0.25) is 10.0 Å². The number of sulfonamides is 1. The van der Waals surface area contributed by atoms with E-state index in [1.54, 1.807) is 13.8 Å². The van der Waals surface area contributed by atoms with Gasteiger partial charge < -0.3 is 19.8 Å². The summed E-state index contributed by atoms with van der Waals surface area (Å²) in [5, 5.41) is 24.8. The first-order chi connectivity index (χ1) is 13.5. The fourth-order valence-corrected chi connectivity index (χ4v) is 3.85. The Morgan fingerprint density at radius 1 is 1.21 bits per heavy atom. The molecule has 0 saturated heterocycles. The summed E-state index contributed by atoms with van der Waals surface area (Å²) in [5.41, 5.74) is 1.29. The first-order valence-corrected chi connectivity index (χ1v) is 10.2. The van der Waals surface area contributed by atoms with Gasteiger partial charge >= 0.3 is 5.97 Å². The van der Waals surface area contributed by atoms with Crippen LogP contribution in [-0.2, 0) is 26.0 Å². The number of ether oxygens (including phenoxy) is 1. The van der Waals surface area contributed by atoms with Gasteiger partial charge in [-0.3, -0.25) is 4.79 Å². The van der Waals surface area contributed by atoms with Crippen molar-refractivity contribution in [3.8, 4) is 11.5 Å². The molecule has 0 spiro atoms. The third-order valence-electron chi connectivity index (χ3n) is 4.76. The molecule has 10 heteroatoms. The molecule has 1 aliphatic rings. The summed E-state index contributed by atoms with van der Waals surface area (Å²) < 4.78 is 28.0. The maximum atomic E-state index is 12.6. The Hall–Kier alpha value is -3.11. The minimum absolute atomic E-state index is 0.0427. The number of aryl methyl sites for hydroxylation is 1. The Balaban J connectivity index is 1.76. The molecular formula is C19H20N2O7S. The topological polar surface area (TPSA) is 147 Å². The van der Waals surface area contributed by atoms with E-state index in [1.807, 2.05) is 0 Å². The Kier molecular flexibility index (Phi) is 5.24. The zero-order chi connectivity index (χ0) is 21.5. The first-order valence-electron chi connectivity index (χ1n) is 8.67. The molecule has 3 rings (SSSR count). The summed E-state index contributed by atoms with van der Waals surface area (Å²) in [6, 6.07) is 6.68. The summed E-state index contributed by atoms with van der Waals surface area (Å²) in [6.07, 6.45) is 0.422. The highest BCUT2D eigenvalue weighted by Crippen LogP contribution is 2.34. The number of rotatable bonds is 4. The Labute approximate surface area is 167 Å². The molecule has 0 fully saturated rings. The Morgan fingerprint density at radius 3 is 2.55 bits per heavy atom. The molecule has 1 amide bonds. The second-order valence-electron chi connectivity index (χ2n) is 6.86. The average molecular weight is 420 g/mol. The van der Waals surface area contributed by atoms with Crippen molar-refractivity contribution < 1.29 is 33.0 Å². The zero-order valence-corrected chi connectivity index (χ0v) is 16.6. The quantitative estimate of drug-likeness (QED) is 0.497. The number of anilines is 1. The van der Waals surface area contributed by atoms with Gasteiger partial charge in [-0.2, -0.15) is 0 Å². The van der Waals surface area contributed by atoms with E-state index >= 15 is 0 Å². The van der Waals surface area contributed by atoms with Crippen molar-refractivity contribution in [2.24, 2.45) is 5.14 Å². The standard InChI is InChI=1S/C19H20N2O7S/c1-10-3-5-14(18(24)17(10)23)19(25)28-9-16(22)21-11(2)7-12-8-13(29(20,26)27)4-6-15(12)21/h3-6,8,11,23-24H,7,9H2,1-2H3,(H2,20,26,27). The van der Waals surface area contributed by atoms with E-state index in [0.717, 1.165) is 0 Å². The van der Waals surface area contributed by atoms with Crippen LogP contribution in [0.3, 0.4) is 0 Å². The fourth-order valence-electron chi connectivity index (χ4n) is 3.28. The van der Waals surface area contributed by atoms with Gasteiger partial charge in [0.05, 0.1) is 4.90 Å². The summed E-state index contributed by atoms with van der Waals surface area (Å²) in [7, 11) is -3.86. The van der Waals surface area contributed by atoms with Crippen molar-refractivity contribution in [2.75, 3.05) is 11.5 Å². The van der Waals surface area contributed by atoms with Crippen LogP contribution in [0.1, 0.15) is 28.4 Å². The van der Waals surface area contributed by atoms with Crippen molar-refractivity contribution >= 4 is 27.6 Å². The highest BCUT2D eigenvalue weighted by Gasteiger charge is 2.32. The summed E-state index contributed by atoms with van der Waals surface area (Å²) in [6.45, 7) is 2.75. The number of fused-ring (bicyclic) bond motifs is 1. The smallest absolute Gasteiger partial charge is 0.342 e.